The van der Waals surface area contributed by atoms with Crippen LogP contribution in [0.5, 0.6) is 0 Å². The van der Waals surface area contributed by atoms with Crippen LogP contribution in [0.2, 0.25) is 0 Å². The largest absolute Gasteiger partial charge is 0.373 e. The average molecular weight is 365 g/mol. The molecule has 0 unspecified atom stereocenters. The van der Waals surface area contributed by atoms with Crippen LogP contribution in [0.25, 0.3) is 10.9 Å². The first-order chi connectivity index (χ1) is 13.2. The van der Waals surface area contributed by atoms with Gasteiger partial charge in [0, 0.05) is 56.6 Å². The van der Waals surface area contributed by atoms with Crippen molar-refractivity contribution in [2.24, 2.45) is 7.05 Å². The highest BCUT2D eigenvalue weighted by atomic mass is 16.1. The van der Waals surface area contributed by atoms with Gasteiger partial charge in [0.1, 0.15) is 12.1 Å². The number of nitrogens with one attached hydrogen (secondary N) is 2. The highest BCUT2D eigenvalue weighted by Gasteiger charge is 2.23. The van der Waals surface area contributed by atoms with E-state index < -0.39 is 0 Å². The number of anilines is 2. The molecule has 8 heteroatoms. The lowest BCUT2D eigenvalue weighted by Crippen LogP contribution is -2.45. The van der Waals surface area contributed by atoms with E-state index in [0.717, 1.165) is 48.6 Å². The standard InChI is InChI=1S/C19H23N7O/c1-20-17-15-4-3-13(11-16(15)22-12-23-17)18(27)24-14-5-8-26(9-6-14)19-21-7-10-25(19)2/h3-4,7,10-12,14H,5-6,8-9H2,1-2H3,(H,24,27)(H,20,22,23). The molecule has 0 saturated carbocycles. The number of carbonyl (C=O) groups excluding carboxylic acids is 1. The SMILES string of the molecule is CNc1ncnc2cc(C(=O)NC3CCN(c4nccn4C)CC3)ccc12. The number of amides is 1. The predicted molar refractivity (Wildman–Crippen MR) is 105 cm³/mol. The normalized spacial score (nSPS) is 15.1. The van der Waals surface area contributed by atoms with Crippen molar-refractivity contribution in [3.05, 3.63) is 42.5 Å². The Balaban J connectivity index is 1.41. The van der Waals surface area contributed by atoms with Gasteiger partial charge in [-0.15, -0.1) is 0 Å². The zero-order chi connectivity index (χ0) is 18.8. The third-order valence-electron chi connectivity index (χ3n) is 5.04. The Labute approximate surface area is 157 Å². The molecule has 140 valence electrons. The van der Waals surface area contributed by atoms with E-state index in [1.54, 1.807) is 0 Å². The van der Waals surface area contributed by atoms with Crippen molar-refractivity contribution in [2.45, 2.75) is 18.9 Å². The molecule has 0 bridgehead atoms. The van der Waals surface area contributed by atoms with E-state index in [0.29, 0.717) is 5.56 Å². The molecule has 4 rings (SSSR count). The lowest BCUT2D eigenvalue weighted by Gasteiger charge is -2.33. The van der Waals surface area contributed by atoms with Crippen molar-refractivity contribution >= 4 is 28.6 Å². The number of benzene rings is 1. The maximum Gasteiger partial charge on any atom is 0.251 e. The minimum absolute atomic E-state index is 0.0584. The number of imidazole rings is 1. The van der Waals surface area contributed by atoms with E-state index in [-0.39, 0.29) is 11.9 Å². The third-order valence-corrected chi connectivity index (χ3v) is 5.04. The Morgan fingerprint density at radius 3 is 2.70 bits per heavy atom. The molecule has 1 aromatic carbocycles. The molecule has 0 aliphatic carbocycles. The first-order valence-electron chi connectivity index (χ1n) is 9.11. The van der Waals surface area contributed by atoms with Crippen molar-refractivity contribution in [2.75, 3.05) is 30.4 Å². The number of piperidine rings is 1. The van der Waals surface area contributed by atoms with Crippen LogP contribution in [-0.4, -0.2) is 51.6 Å². The van der Waals surface area contributed by atoms with Crippen molar-refractivity contribution in [3.8, 4) is 0 Å². The zero-order valence-corrected chi connectivity index (χ0v) is 15.5. The molecule has 2 N–H and O–H groups in total. The van der Waals surface area contributed by atoms with Gasteiger partial charge < -0.3 is 20.1 Å². The number of nitrogens with zero attached hydrogens (tertiary/aromatic N) is 5. The number of carbonyl (C=O) groups is 1. The van der Waals surface area contributed by atoms with Gasteiger partial charge in [-0.2, -0.15) is 0 Å². The Bertz CT molecular complexity index is 960. The molecule has 1 amide bonds. The number of aryl methyl sites for hydroxylation is 1. The van der Waals surface area contributed by atoms with Crippen molar-refractivity contribution in [1.29, 1.82) is 0 Å². The fourth-order valence-corrected chi connectivity index (χ4v) is 3.55. The van der Waals surface area contributed by atoms with E-state index in [1.807, 2.05) is 49.3 Å². The Kier molecular flexibility index (Phi) is 4.62. The minimum Gasteiger partial charge on any atom is -0.373 e. The van der Waals surface area contributed by atoms with E-state index in [9.17, 15) is 4.79 Å². The molecule has 1 fully saturated rings. The molecule has 3 heterocycles. The lowest BCUT2D eigenvalue weighted by molar-refractivity contribution is 0.0931. The summed E-state index contributed by atoms with van der Waals surface area (Å²) in [6.45, 7) is 1.76. The van der Waals surface area contributed by atoms with Crippen LogP contribution < -0.4 is 15.5 Å². The molecule has 3 aromatic rings. The van der Waals surface area contributed by atoms with E-state index in [2.05, 4.69) is 30.5 Å². The number of aromatic nitrogens is 4. The number of fused-ring (bicyclic) bond motifs is 1. The van der Waals surface area contributed by atoms with Crippen LogP contribution >= 0.6 is 0 Å². The molecular formula is C19H23N7O. The Morgan fingerprint density at radius 1 is 1.19 bits per heavy atom. The van der Waals surface area contributed by atoms with Gasteiger partial charge in [0.05, 0.1) is 5.52 Å². The van der Waals surface area contributed by atoms with Crippen LogP contribution in [-0.2, 0) is 7.05 Å². The summed E-state index contributed by atoms with van der Waals surface area (Å²) >= 11 is 0. The van der Waals surface area contributed by atoms with Crippen LogP contribution in [0.3, 0.4) is 0 Å². The first kappa shape index (κ1) is 17.3. The fourth-order valence-electron chi connectivity index (χ4n) is 3.55. The highest BCUT2D eigenvalue weighted by molar-refractivity contribution is 5.99. The summed E-state index contributed by atoms with van der Waals surface area (Å²) in [5.41, 5.74) is 1.38. The van der Waals surface area contributed by atoms with Crippen molar-refractivity contribution in [3.63, 3.8) is 0 Å². The second-order valence-corrected chi connectivity index (χ2v) is 6.78. The molecule has 1 aliphatic heterocycles. The predicted octanol–water partition coefficient (Wildman–Crippen LogP) is 1.80. The molecule has 8 nitrogen and oxygen atoms in total. The van der Waals surface area contributed by atoms with Crippen molar-refractivity contribution < 1.29 is 4.79 Å². The summed E-state index contributed by atoms with van der Waals surface area (Å²) in [7, 11) is 3.82. The van der Waals surface area contributed by atoms with Gasteiger partial charge in [-0.05, 0) is 31.0 Å². The molecular weight excluding hydrogens is 342 g/mol. The molecule has 1 aliphatic rings. The fraction of sp³-hybridized carbons (Fsp3) is 0.368. The van der Waals surface area contributed by atoms with Gasteiger partial charge in [0.25, 0.3) is 5.91 Å². The summed E-state index contributed by atoms with van der Waals surface area (Å²) in [5.74, 6) is 1.68. The summed E-state index contributed by atoms with van der Waals surface area (Å²) in [4.78, 5) is 27.8. The summed E-state index contributed by atoms with van der Waals surface area (Å²) in [5, 5.41) is 7.10. The lowest BCUT2D eigenvalue weighted by atomic mass is 10.0. The van der Waals surface area contributed by atoms with Gasteiger partial charge in [-0.25, -0.2) is 15.0 Å². The van der Waals surface area contributed by atoms with E-state index in [1.165, 1.54) is 6.33 Å². The minimum atomic E-state index is -0.0584. The zero-order valence-electron chi connectivity index (χ0n) is 15.5. The van der Waals surface area contributed by atoms with Crippen LogP contribution in [0.15, 0.2) is 36.9 Å². The average Bonchev–Trinajstić information content (AvgIpc) is 3.13. The summed E-state index contributed by atoms with van der Waals surface area (Å²) < 4.78 is 2.02. The topological polar surface area (TPSA) is 88.0 Å². The second-order valence-electron chi connectivity index (χ2n) is 6.78. The Morgan fingerprint density at radius 2 is 2.00 bits per heavy atom. The monoisotopic (exact) mass is 365 g/mol. The quantitative estimate of drug-likeness (QED) is 0.733. The van der Waals surface area contributed by atoms with Crippen LogP contribution in [0, 0.1) is 0 Å². The number of rotatable bonds is 4. The van der Waals surface area contributed by atoms with Gasteiger partial charge in [0.2, 0.25) is 5.95 Å². The molecule has 0 spiro atoms. The van der Waals surface area contributed by atoms with Gasteiger partial charge >= 0.3 is 0 Å². The van der Waals surface area contributed by atoms with Crippen LogP contribution in [0.4, 0.5) is 11.8 Å². The molecule has 2 aromatic heterocycles. The Hall–Kier alpha value is -3.16. The molecule has 27 heavy (non-hydrogen) atoms. The van der Waals surface area contributed by atoms with Gasteiger partial charge in [0.15, 0.2) is 0 Å². The highest BCUT2D eigenvalue weighted by Crippen LogP contribution is 2.21. The molecule has 0 radical (unpaired) electrons. The summed E-state index contributed by atoms with van der Waals surface area (Å²) in [6, 6.07) is 5.70. The number of hydrogen-bond acceptors (Lipinski definition) is 6. The third kappa shape index (κ3) is 3.42. The smallest absolute Gasteiger partial charge is 0.251 e. The van der Waals surface area contributed by atoms with Crippen LogP contribution in [0.1, 0.15) is 23.2 Å². The van der Waals surface area contributed by atoms with Gasteiger partial charge in [-0.1, -0.05) is 0 Å². The maximum atomic E-state index is 12.7. The molecule has 1 saturated heterocycles. The maximum absolute atomic E-state index is 12.7. The van der Waals surface area contributed by atoms with Crippen molar-refractivity contribution in [1.82, 2.24) is 24.8 Å². The second kappa shape index (κ2) is 7.22. The molecule has 0 atom stereocenters. The summed E-state index contributed by atoms with van der Waals surface area (Å²) in [6.07, 6.45) is 7.07. The van der Waals surface area contributed by atoms with Gasteiger partial charge in [-0.3, -0.25) is 4.79 Å². The number of hydrogen-bond donors (Lipinski definition) is 2. The van der Waals surface area contributed by atoms with E-state index in [4.69, 9.17) is 0 Å². The van der Waals surface area contributed by atoms with E-state index >= 15 is 0 Å². The first-order valence-corrected chi connectivity index (χ1v) is 9.11.